The number of fused-ring (bicyclic) bond motifs is 1. The fourth-order valence-electron chi connectivity index (χ4n) is 3.37. The number of anilines is 1. The summed E-state index contributed by atoms with van der Waals surface area (Å²) in [5, 5.41) is 13.2. The Labute approximate surface area is 183 Å². The maximum atomic E-state index is 12.8. The summed E-state index contributed by atoms with van der Waals surface area (Å²) < 4.78 is 5.09. The zero-order valence-corrected chi connectivity index (χ0v) is 17.4. The van der Waals surface area contributed by atoms with E-state index in [4.69, 9.17) is 4.74 Å². The molecule has 10 heteroatoms. The van der Waals surface area contributed by atoms with Gasteiger partial charge >= 0.3 is 5.97 Å². The fourth-order valence-corrected chi connectivity index (χ4v) is 3.37. The Kier molecular flexibility index (Phi) is 6.62. The molecule has 2 aromatic rings. The topological polar surface area (TPSA) is 136 Å². The number of benzene rings is 2. The molecule has 32 heavy (non-hydrogen) atoms. The van der Waals surface area contributed by atoms with Gasteiger partial charge in [0.1, 0.15) is 6.04 Å². The molecule has 3 amide bonds. The summed E-state index contributed by atoms with van der Waals surface area (Å²) in [7, 11) is 0. The van der Waals surface area contributed by atoms with Gasteiger partial charge in [-0.25, -0.2) is 4.79 Å². The molecule has 0 radical (unpaired) electrons. The maximum Gasteiger partial charge on any atom is 0.329 e. The van der Waals surface area contributed by atoms with E-state index in [9.17, 15) is 29.3 Å². The molecule has 1 N–H and O–H groups in total. The van der Waals surface area contributed by atoms with Crippen molar-refractivity contribution in [2.45, 2.75) is 26.3 Å². The van der Waals surface area contributed by atoms with Crippen molar-refractivity contribution >= 4 is 35.1 Å². The molecule has 0 fully saturated rings. The fraction of sp³-hybridized carbons (Fsp3) is 0.273. The van der Waals surface area contributed by atoms with Gasteiger partial charge in [-0.1, -0.05) is 32.0 Å². The number of non-ortho nitro benzene ring substituents is 1. The van der Waals surface area contributed by atoms with Crippen LogP contribution < -0.4 is 5.32 Å². The number of nitro groups is 1. The van der Waals surface area contributed by atoms with Crippen molar-refractivity contribution < 1.29 is 28.8 Å². The first kappa shape index (κ1) is 22.6. The van der Waals surface area contributed by atoms with E-state index < -0.39 is 41.3 Å². The van der Waals surface area contributed by atoms with Crippen LogP contribution in [0.15, 0.2) is 48.5 Å². The summed E-state index contributed by atoms with van der Waals surface area (Å²) in [6, 6.07) is 10.4. The van der Waals surface area contributed by atoms with Crippen LogP contribution in [0.1, 0.15) is 41.0 Å². The highest BCUT2D eigenvalue weighted by atomic mass is 16.6. The Morgan fingerprint density at radius 3 is 2.25 bits per heavy atom. The van der Waals surface area contributed by atoms with Crippen LogP contribution in [0.2, 0.25) is 0 Å². The number of nitrogens with zero attached hydrogens (tertiary/aromatic N) is 2. The molecule has 0 aliphatic carbocycles. The normalized spacial score (nSPS) is 13.7. The van der Waals surface area contributed by atoms with E-state index in [1.54, 1.807) is 12.1 Å². The lowest BCUT2D eigenvalue weighted by atomic mass is 10.0. The lowest BCUT2D eigenvalue weighted by molar-refractivity contribution is -0.384. The summed E-state index contributed by atoms with van der Waals surface area (Å²) in [4.78, 5) is 61.6. The van der Waals surface area contributed by atoms with Gasteiger partial charge in [-0.15, -0.1) is 0 Å². The first-order valence-electron chi connectivity index (χ1n) is 9.87. The third kappa shape index (κ3) is 4.80. The number of imide groups is 1. The zero-order chi connectivity index (χ0) is 23.4. The van der Waals surface area contributed by atoms with Gasteiger partial charge in [0.05, 0.1) is 16.1 Å². The van der Waals surface area contributed by atoms with E-state index in [1.165, 1.54) is 36.4 Å². The molecule has 0 aromatic heterocycles. The first-order chi connectivity index (χ1) is 15.2. The van der Waals surface area contributed by atoms with Crippen molar-refractivity contribution in [1.82, 2.24) is 4.90 Å². The minimum absolute atomic E-state index is 0.0458. The molecule has 3 rings (SSSR count). The van der Waals surface area contributed by atoms with Crippen molar-refractivity contribution in [2.75, 3.05) is 11.9 Å². The van der Waals surface area contributed by atoms with Gasteiger partial charge < -0.3 is 10.1 Å². The van der Waals surface area contributed by atoms with E-state index in [2.05, 4.69) is 5.32 Å². The van der Waals surface area contributed by atoms with E-state index in [0.29, 0.717) is 0 Å². The SMILES string of the molecule is CC(C)CC(C(=O)OCC(=O)Nc1cccc([N+](=O)[O-])c1)N1C(=O)c2ccccc2C1=O. The molecule has 1 unspecified atom stereocenters. The lowest BCUT2D eigenvalue weighted by Crippen LogP contribution is -2.46. The van der Waals surface area contributed by atoms with Crippen molar-refractivity contribution in [1.29, 1.82) is 0 Å². The average molecular weight is 439 g/mol. The van der Waals surface area contributed by atoms with E-state index in [0.717, 1.165) is 4.90 Å². The number of rotatable bonds is 8. The predicted molar refractivity (Wildman–Crippen MR) is 113 cm³/mol. The van der Waals surface area contributed by atoms with Gasteiger partial charge in [-0.2, -0.15) is 0 Å². The lowest BCUT2D eigenvalue weighted by Gasteiger charge is -2.25. The molecule has 1 aliphatic rings. The molecule has 0 bridgehead atoms. The summed E-state index contributed by atoms with van der Waals surface area (Å²) in [5.74, 6) is -2.83. The molecule has 0 spiro atoms. The molecule has 10 nitrogen and oxygen atoms in total. The van der Waals surface area contributed by atoms with Crippen LogP contribution in [0.4, 0.5) is 11.4 Å². The van der Waals surface area contributed by atoms with Gasteiger partial charge in [0, 0.05) is 17.8 Å². The number of ether oxygens (including phenoxy) is 1. The van der Waals surface area contributed by atoms with Crippen LogP contribution in [0.5, 0.6) is 0 Å². The predicted octanol–water partition coefficient (Wildman–Crippen LogP) is 2.79. The number of nitro benzene ring substituents is 1. The monoisotopic (exact) mass is 439 g/mol. The molecule has 1 atom stereocenters. The van der Waals surface area contributed by atoms with Gasteiger partial charge in [0.15, 0.2) is 6.61 Å². The molecule has 166 valence electrons. The summed E-state index contributed by atoms with van der Waals surface area (Å²) in [6.07, 6.45) is 0.163. The number of hydrogen-bond donors (Lipinski definition) is 1. The van der Waals surface area contributed by atoms with Gasteiger partial charge in [-0.05, 0) is 30.5 Å². The van der Waals surface area contributed by atoms with Gasteiger partial charge in [0.25, 0.3) is 23.4 Å². The second kappa shape index (κ2) is 9.38. The van der Waals surface area contributed by atoms with E-state index in [-0.39, 0.29) is 34.8 Å². The molecule has 2 aromatic carbocycles. The highest BCUT2D eigenvalue weighted by molar-refractivity contribution is 6.22. The van der Waals surface area contributed by atoms with Crippen LogP contribution in [0, 0.1) is 16.0 Å². The van der Waals surface area contributed by atoms with E-state index >= 15 is 0 Å². The van der Waals surface area contributed by atoms with Gasteiger partial charge in [-0.3, -0.25) is 29.4 Å². The van der Waals surface area contributed by atoms with Crippen molar-refractivity contribution in [3.05, 3.63) is 69.8 Å². The Hall–Kier alpha value is -4.08. The van der Waals surface area contributed by atoms with Gasteiger partial charge in [0.2, 0.25) is 0 Å². The number of esters is 1. The minimum Gasteiger partial charge on any atom is -0.454 e. The largest absolute Gasteiger partial charge is 0.454 e. The first-order valence-corrected chi connectivity index (χ1v) is 9.87. The Bertz CT molecular complexity index is 1060. The highest BCUT2D eigenvalue weighted by Crippen LogP contribution is 2.27. The highest BCUT2D eigenvalue weighted by Gasteiger charge is 2.43. The van der Waals surface area contributed by atoms with Crippen molar-refractivity contribution in [3.8, 4) is 0 Å². The van der Waals surface area contributed by atoms with Crippen molar-refractivity contribution in [3.63, 3.8) is 0 Å². The number of carbonyl (C=O) groups is 4. The van der Waals surface area contributed by atoms with Crippen LogP contribution in [-0.4, -0.2) is 46.2 Å². The Morgan fingerprint density at radius 1 is 1.06 bits per heavy atom. The van der Waals surface area contributed by atoms with Crippen LogP contribution in [-0.2, 0) is 14.3 Å². The second-order valence-corrected chi connectivity index (χ2v) is 7.63. The van der Waals surface area contributed by atoms with Crippen LogP contribution in [0.25, 0.3) is 0 Å². The quantitative estimate of drug-likeness (QED) is 0.289. The standard InChI is InChI=1S/C22H21N3O7/c1-13(2)10-18(24-20(27)16-8-3-4-9-17(16)21(24)28)22(29)32-12-19(26)23-14-6-5-7-15(11-14)25(30)31/h3-9,11,13,18H,10,12H2,1-2H3,(H,23,26). The minimum atomic E-state index is -1.19. The summed E-state index contributed by atoms with van der Waals surface area (Å²) in [5.41, 5.74) is 0.381. The molecule has 1 heterocycles. The van der Waals surface area contributed by atoms with E-state index in [1.807, 2.05) is 13.8 Å². The third-order valence-electron chi connectivity index (χ3n) is 4.79. The molecule has 1 aliphatic heterocycles. The zero-order valence-electron chi connectivity index (χ0n) is 17.4. The van der Waals surface area contributed by atoms with Crippen molar-refractivity contribution in [2.24, 2.45) is 5.92 Å². The molecule has 0 saturated carbocycles. The summed E-state index contributed by atoms with van der Waals surface area (Å²) in [6.45, 7) is 2.97. The van der Waals surface area contributed by atoms with Crippen LogP contribution >= 0.6 is 0 Å². The average Bonchev–Trinajstić information content (AvgIpc) is 3.01. The Balaban J connectivity index is 1.69. The number of hydrogen-bond acceptors (Lipinski definition) is 7. The smallest absolute Gasteiger partial charge is 0.329 e. The molecule has 0 saturated heterocycles. The maximum absolute atomic E-state index is 12.8. The number of nitrogens with one attached hydrogen (secondary N) is 1. The number of amides is 3. The second-order valence-electron chi connectivity index (χ2n) is 7.63. The molecular formula is C22H21N3O7. The molecular weight excluding hydrogens is 418 g/mol. The number of carbonyl (C=O) groups excluding carboxylic acids is 4. The van der Waals surface area contributed by atoms with Crippen LogP contribution in [0.3, 0.4) is 0 Å². The third-order valence-corrected chi connectivity index (χ3v) is 4.79. The Morgan fingerprint density at radius 2 is 1.69 bits per heavy atom. The summed E-state index contributed by atoms with van der Waals surface area (Å²) >= 11 is 0.